The van der Waals surface area contributed by atoms with Crippen LogP contribution in [0.5, 0.6) is 0 Å². The van der Waals surface area contributed by atoms with Gasteiger partial charge in [-0.25, -0.2) is 9.78 Å². The normalized spacial score (nSPS) is 19.3. The van der Waals surface area contributed by atoms with Gasteiger partial charge in [-0.05, 0) is 31.1 Å². The van der Waals surface area contributed by atoms with Crippen LogP contribution in [0.4, 0.5) is 0 Å². The van der Waals surface area contributed by atoms with E-state index in [0.717, 1.165) is 30.7 Å². The van der Waals surface area contributed by atoms with E-state index in [9.17, 15) is 9.59 Å². The average Bonchev–Trinajstić information content (AvgIpc) is 2.74. The predicted molar refractivity (Wildman–Crippen MR) is 74.1 cm³/mol. The van der Waals surface area contributed by atoms with Crippen molar-refractivity contribution in [3.8, 4) is 0 Å². The second kappa shape index (κ2) is 5.04. The molecule has 104 valence electrons. The molecule has 1 heterocycles. The van der Waals surface area contributed by atoms with Gasteiger partial charge in [-0.15, -0.1) is 11.3 Å². The fourth-order valence-corrected chi connectivity index (χ4v) is 3.66. The minimum absolute atomic E-state index is 0.0719. The van der Waals surface area contributed by atoms with Gasteiger partial charge in [0.25, 0.3) is 0 Å². The van der Waals surface area contributed by atoms with E-state index in [1.165, 1.54) is 18.3 Å². The molecule has 0 aromatic carbocycles. The van der Waals surface area contributed by atoms with E-state index in [-0.39, 0.29) is 16.4 Å². The van der Waals surface area contributed by atoms with Crippen LogP contribution in [0.2, 0.25) is 0 Å². The quantitative estimate of drug-likeness (QED) is 0.857. The molecule has 1 saturated carbocycles. The fourth-order valence-electron chi connectivity index (χ4n) is 2.54. The van der Waals surface area contributed by atoms with Gasteiger partial charge in [0.2, 0.25) is 0 Å². The summed E-state index contributed by atoms with van der Waals surface area (Å²) in [7, 11) is 0. The maximum absolute atomic E-state index is 11.5. The van der Waals surface area contributed by atoms with Crippen molar-refractivity contribution in [2.45, 2.75) is 52.4 Å². The number of carbonyl (C=O) groups is 2. The minimum atomic E-state index is -1.11. The molecule has 0 amide bonds. The monoisotopic (exact) mass is 281 g/mol. The predicted octanol–water partition coefficient (Wildman–Crippen LogP) is 3.73. The molecule has 0 bridgehead atoms. The van der Waals surface area contributed by atoms with Gasteiger partial charge in [-0.3, -0.25) is 4.79 Å². The maximum atomic E-state index is 11.5. The fraction of sp³-hybridized carbons (Fsp3) is 0.643. The van der Waals surface area contributed by atoms with Gasteiger partial charge in [-0.2, -0.15) is 0 Å². The van der Waals surface area contributed by atoms with Crippen molar-refractivity contribution >= 4 is 23.1 Å². The lowest BCUT2D eigenvalue weighted by molar-refractivity contribution is 0.0686. The van der Waals surface area contributed by atoms with Crippen LogP contribution in [0.15, 0.2) is 0 Å². The number of ketones is 1. The van der Waals surface area contributed by atoms with Crippen LogP contribution in [-0.4, -0.2) is 21.8 Å². The highest BCUT2D eigenvalue weighted by Crippen LogP contribution is 2.43. The molecule has 1 aliphatic carbocycles. The Morgan fingerprint density at radius 2 is 1.89 bits per heavy atom. The summed E-state index contributed by atoms with van der Waals surface area (Å²) in [4.78, 5) is 27.1. The first kappa shape index (κ1) is 14.2. The standard InChI is InChI=1S/C14H19NO3S/c1-8(16)11-10(13(17)18)15-12(19-11)9-4-6-14(2,3)7-5-9/h9H,4-7H2,1-3H3,(H,17,18). The zero-order chi connectivity index (χ0) is 14.2. The first-order valence-electron chi connectivity index (χ1n) is 6.55. The highest BCUT2D eigenvalue weighted by Gasteiger charge is 2.31. The molecule has 0 spiro atoms. The van der Waals surface area contributed by atoms with Crippen LogP contribution < -0.4 is 0 Å². The number of Topliss-reactive ketones (excluding diaryl/α,β-unsaturated/α-hetero) is 1. The molecule has 1 aliphatic rings. The molecule has 0 atom stereocenters. The van der Waals surface area contributed by atoms with E-state index >= 15 is 0 Å². The maximum Gasteiger partial charge on any atom is 0.356 e. The third-order valence-corrected chi connectivity index (χ3v) is 5.17. The summed E-state index contributed by atoms with van der Waals surface area (Å²) in [5.74, 6) is -1.01. The Morgan fingerprint density at radius 3 is 2.32 bits per heavy atom. The van der Waals surface area contributed by atoms with Gasteiger partial charge < -0.3 is 5.11 Å². The number of carboxylic acid groups (broad SMARTS) is 1. The SMILES string of the molecule is CC(=O)c1sc(C2CCC(C)(C)CC2)nc1C(=O)O. The van der Waals surface area contributed by atoms with Crippen molar-refractivity contribution in [3.63, 3.8) is 0 Å². The van der Waals surface area contributed by atoms with E-state index in [0.29, 0.717) is 11.3 Å². The van der Waals surface area contributed by atoms with Crippen LogP contribution in [0.25, 0.3) is 0 Å². The Labute approximate surface area is 116 Å². The summed E-state index contributed by atoms with van der Waals surface area (Å²) in [5.41, 5.74) is 0.296. The topological polar surface area (TPSA) is 67.3 Å². The molecule has 19 heavy (non-hydrogen) atoms. The molecular formula is C14H19NO3S. The number of rotatable bonds is 3. The highest BCUT2D eigenvalue weighted by molar-refractivity contribution is 7.14. The van der Waals surface area contributed by atoms with Gasteiger partial charge in [0, 0.05) is 12.8 Å². The lowest BCUT2D eigenvalue weighted by Gasteiger charge is -2.33. The first-order chi connectivity index (χ1) is 8.80. The Hall–Kier alpha value is -1.23. The summed E-state index contributed by atoms with van der Waals surface area (Å²) in [6, 6.07) is 0. The van der Waals surface area contributed by atoms with Crippen LogP contribution in [0.3, 0.4) is 0 Å². The summed E-state index contributed by atoms with van der Waals surface area (Å²) >= 11 is 1.26. The number of carbonyl (C=O) groups excluding carboxylic acids is 1. The second-order valence-corrected chi connectivity index (χ2v) is 7.06. The van der Waals surface area contributed by atoms with E-state index in [1.807, 2.05) is 0 Å². The number of thiazole rings is 1. The zero-order valence-corrected chi connectivity index (χ0v) is 12.3. The van der Waals surface area contributed by atoms with Crippen LogP contribution >= 0.6 is 11.3 Å². The van der Waals surface area contributed by atoms with E-state index < -0.39 is 5.97 Å². The molecule has 1 aromatic heterocycles. The van der Waals surface area contributed by atoms with Crippen molar-refractivity contribution in [1.82, 2.24) is 4.98 Å². The van der Waals surface area contributed by atoms with E-state index in [1.54, 1.807) is 0 Å². The van der Waals surface area contributed by atoms with Gasteiger partial charge in [-0.1, -0.05) is 13.8 Å². The molecule has 0 saturated heterocycles. The van der Waals surface area contributed by atoms with Crippen molar-refractivity contribution in [2.75, 3.05) is 0 Å². The summed E-state index contributed by atoms with van der Waals surface area (Å²) in [6.45, 7) is 5.91. The molecule has 4 nitrogen and oxygen atoms in total. The first-order valence-corrected chi connectivity index (χ1v) is 7.37. The third kappa shape index (κ3) is 3.03. The second-order valence-electron chi connectivity index (χ2n) is 6.03. The molecular weight excluding hydrogens is 262 g/mol. The smallest absolute Gasteiger partial charge is 0.356 e. The number of aromatic carboxylic acids is 1. The summed E-state index contributed by atoms with van der Waals surface area (Å²) < 4.78 is 0. The highest BCUT2D eigenvalue weighted by atomic mass is 32.1. The number of hydrogen-bond acceptors (Lipinski definition) is 4. The van der Waals surface area contributed by atoms with E-state index in [2.05, 4.69) is 18.8 Å². The average molecular weight is 281 g/mol. The number of carboxylic acids is 1. The minimum Gasteiger partial charge on any atom is -0.476 e. The number of nitrogens with zero attached hydrogens (tertiary/aromatic N) is 1. The molecule has 5 heteroatoms. The third-order valence-electron chi connectivity index (χ3n) is 3.85. The zero-order valence-electron chi connectivity index (χ0n) is 11.5. The van der Waals surface area contributed by atoms with Crippen molar-refractivity contribution in [3.05, 3.63) is 15.6 Å². The Balaban J connectivity index is 2.25. The molecule has 0 unspecified atom stereocenters. The van der Waals surface area contributed by atoms with Gasteiger partial charge in [0.1, 0.15) is 4.88 Å². The van der Waals surface area contributed by atoms with Crippen LogP contribution in [-0.2, 0) is 0 Å². The molecule has 1 fully saturated rings. The van der Waals surface area contributed by atoms with Gasteiger partial charge in [0.15, 0.2) is 11.5 Å². The molecule has 0 radical (unpaired) electrons. The largest absolute Gasteiger partial charge is 0.476 e. The lowest BCUT2D eigenvalue weighted by Crippen LogP contribution is -2.20. The molecule has 2 rings (SSSR count). The Kier molecular flexibility index (Phi) is 3.76. The van der Waals surface area contributed by atoms with Crippen LogP contribution in [0.1, 0.15) is 77.5 Å². The van der Waals surface area contributed by atoms with Gasteiger partial charge in [0.05, 0.1) is 5.01 Å². The summed E-state index contributed by atoms with van der Waals surface area (Å²) in [5, 5.41) is 9.92. The molecule has 0 aliphatic heterocycles. The Bertz CT molecular complexity index is 477. The van der Waals surface area contributed by atoms with Gasteiger partial charge >= 0.3 is 5.97 Å². The van der Waals surface area contributed by atoms with Crippen LogP contribution in [0, 0.1) is 5.41 Å². The van der Waals surface area contributed by atoms with Crippen molar-refractivity contribution in [1.29, 1.82) is 0 Å². The Morgan fingerprint density at radius 1 is 1.32 bits per heavy atom. The molecule has 1 aromatic rings. The lowest BCUT2D eigenvalue weighted by atomic mass is 9.73. The summed E-state index contributed by atoms with van der Waals surface area (Å²) in [6.07, 6.45) is 4.29. The van der Waals surface area contributed by atoms with Crippen molar-refractivity contribution < 1.29 is 14.7 Å². The van der Waals surface area contributed by atoms with E-state index in [4.69, 9.17) is 5.11 Å². The molecule has 1 N–H and O–H groups in total. The van der Waals surface area contributed by atoms with Crippen molar-refractivity contribution in [2.24, 2.45) is 5.41 Å². The number of aromatic nitrogens is 1. The number of hydrogen-bond donors (Lipinski definition) is 1.